The van der Waals surface area contributed by atoms with Gasteiger partial charge in [-0.25, -0.2) is 23.7 Å². The van der Waals surface area contributed by atoms with Gasteiger partial charge in [-0.1, -0.05) is 12.5 Å². The number of halogens is 2. The quantitative estimate of drug-likeness (QED) is 0.719. The highest BCUT2D eigenvalue weighted by atomic mass is 19.3. The van der Waals surface area contributed by atoms with E-state index in [1.54, 1.807) is 10.6 Å². The van der Waals surface area contributed by atoms with Crippen molar-refractivity contribution in [3.63, 3.8) is 0 Å². The van der Waals surface area contributed by atoms with Crippen molar-refractivity contribution in [2.24, 2.45) is 0 Å². The molecule has 29 heavy (non-hydrogen) atoms. The molecular formula is C21H19F2N5O. The van der Waals surface area contributed by atoms with Gasteiger partial charge in [0.15, 0.2) is 0 Å². The van der Waals surface area contributed by atoms with Crippen molar-refractivity contribution in [2.75, 3.05) is 6.54 Å². The minimum atomic E-state index is -2.60. The molecule has 0 bridgehead atoms. The summed E-state index contributed by atoms with van der Waals surface area (Å²) >= 11 is 0. The van der Waals surface area contributed by atoms with Gasteiger partial charge < -0.3 is 5.32 Å². The number of fused-ring (bicyclic) bond motifs is 2. The normalized spacial score (nSPS) is 16.0. The minimum Gasteiger partial charge on any atom is -0.345 e. The highest BCUT2D eigenvalue weighted by Crippen LogP contribution is 2.37. The van der Waals surface area contributed by atoms with Crippen molar-refractivity contribution < 1.29 is 13.6 Å². The van der Waals surface area contributed by atoms with Gasteiger partial charge in [0.2, 0.25) is 0 Å². The predicted molar refractivity (Wildman–Crippen MR) is 103 cm³/mol. The number of carbonyl (C=O) groups is 1. The minimum absolute atomic E-state index is 0.220. The predicted octanol–water partition coefficient (Wildman–Crippen LogP) is 3.37. The maximum Gasteiger partial charge on any atom is 0.270 e. The van der Waals surface area contributed by atoms with E-state index >= 15 is 0 Å². The summed E-state index contributed by atoms with van der Waals surface area (Å²) in [4.78, 5) is 25.8. The molecule has 1 amide bonds. The van der Waals surface area contributed by atoms with Crippen LogP contribution in [0.25, 0.3) is 11.2 Å². The average Bonchev–Trinajstić information content (AvgIpc) is 3.28. The molecule has 0 radical (unpaired) electrons. The van der Waals surface area contributed by atoms with Gasteiger partial charge in [0, 0.05) is 30.3 Å². The van der Waals surface area contributed by atoms with Crippen LogP contribution in [0.4, 0.5) is 8.78 Å². The van der Waals surface area contributed by atoms with Crippen LogP contribution >= 0.6 is 0 Å². The van der Waals surface area contributed by atoms with Gasteiger partial charge in [0.05, 0.1) is 18.4 Å². The van der Waals surface area contributed by atoms with Crippen LogP contribution in [0.2, 0.25) is 0 Å². The number of nitrogens with zero attached hydrogens (tertiary/aromatic N) is 4. The lowest BCUT2D eigenvalue weighted by Gasteiger charge is -2.24. The van der Waals surface area contributed by atoms with Crippen LogP contribution in [-0.2, 0) is 6.42 Å². The molecule has 2 aliphatic rings. The van der Waals surface area contributed by atoms with Crippen LogP contribution in [0.1, 0.15) is 58.3 Å². The summed E-state index contributed by atoms with van der Waals surface area (Å²) in [6, 6.07) is 3.74. The number of allylic oxidation sites excluding steroid dienone is 1. The van der Waals surface area contributed by atoms with Gasteiger partial charge in [-0.15, -0.1) is 0 Å². The van der Waals surface area contributed by atoms with Crippen LogP contribution < -0.4 is 5.32 Å². The Balaban J connectivity index is 1.46. The topological polar surface area (TPSA) is 72.2 Å². The first-order valence-corrected chi connectivity index (χ1v) is 9.70. The maximum absolute atomic E-state index is 12.4. The average molecular weight is 395 g/mol. The van der Waals surface area contributed by atoms with Gasteiger partial charge in [-0.2, -0.15) is 0 Å². The third-order valence-corrected chi connectivity index (χ3v) is 5.61. The second-order valence-electron chi connectivity index (χ2n) is 7.43. The van der Waals surface area contributed by atoms with E-state index in [1.807, 2.05) is 18.3 Å². The first-order valence-electron chi connectivity index (χ1n) is 9.70. The molecule has 1 fully saturated rings. The number of amides is 1. The smallest absolute Gasteiger partial charge is 0.270 e. The number of rotatable bonds is 5. The number of alkyl halides is 2. The standard InChI is InChI=1S/C21H19F2N5O/c22-18(23)10-26-21(29)17-9-24-19-7-4-13(11-28(17)19)14-5-6-16-15(14)8-25-20(27-16)12-2-1-3-12/h4-5,7-9,11-12,18H,1-3,6,10H2,(H,26,29). The monoisotopic (exact) mass is 395 g/mol. The van der Waals surface area contributed by atoms with Crippen molar-refractivity contribution in [3.8, 4) is 0 Å². The molecule has 0 unspecified atom stereocenters. The molecule has 5 rings (SSSR count). The highest BCUT2D eigenvalue weighted by Gasteiger charge is 2.25. The van der Waals surface area contributed by atoms with Crippen LogP contribution in [0.5, 0.6) is 0 Å². The Morgan fingerprint density at radius 1 is 1.24 bits per heavy atom. The first kappa shape index (κ1) is 17.9. The second-order valence-corrected chi connectivity index (χ2v) is 7.43. The molecule has 3 aromatic heterocycles. The van der Waals surface area contributed by atoms with E-state index in [0.717, 1.165) is 47.5 Å². The number of nitrogens with one attached hydrogen (secondary N) is 1. The van der Waals surface area contributed by atoms with Crippen molar-refractivity contribution in [3.05, 3.63) is 65.1 Å². The van der Waals surface area contributed by atoms with Gasteiger partial charge in [-0.05, 0) is 36.1 Å². The molecule has 1 saturated carbocycles. The number of carbonyl (C=O) groups excluding carboxylic acids is 1. The molecule has 0 saturated heterocycles. The molecule has 0 aliphatic heterocycles. The Morgan fingerprint density at radius 3 is 2.86 bits per heavy atom. The molecule has 2 aliphatic carbocycles. The van der Waals surface area contributed by atoms with E-state index in [2.05, 4.69) is 21.4 Å². The van der Waals surface area contributed by atoms with E-state index in [-0.39, 0.29) is 5.69 Å². The first-order chi connectivity index (χ1) is 14.1. The lowest BCUT2D eigenvalue weighted by molar-refractivity contribution is 0.0886. The van der Waals surface area contributed by atoms with Gasteiger partial charge in [0.1, 0.15) is 17.2 Å². The maximum atomic E-state index is 12.4. The summed E-state index contributed by atoms with van der Waals surface area (Å²) in [7, 11) is 0. The Kier molecular flexibility index (Phi) is 4.34. The number of aromatic nitrogens is 4. The third kappa shape index (κ3) is 3.18. The van der Waals surface area contributed by atoms with E-state index in [1.165, 1.54) is 12.6 Å². The number of pyridine rings is 1. The van der Waals surface area contributed by atoms with Crippen molar-refractivity contribution in [2.45, 2.75) is 38.0 Å². The SMILES string of the molecule is O=C(NCC(F)F)c1cnc2ccc(C3=CCc4nc(C5CCC5)ncc43)cn12. The molecule has 0 atom stereocenters. The molecule has 8 heteroatoms. The summed E-state index contributed by atoms with van der Waals surface area (Å²) in [6.45, 7) is -0.690. The fraction of sp³-hybridized carbons (Fsp3) is 0.333. The zero-order chi connectivity index (χ0) is 20.0. The van der Waals surface area contributed by atoms with Crippen LogP contribution in [0.3, 0.4) is 0 Å². The van der Waals surface area contributed by atoms with Gasteiger partial charge >= 0.3 is 0 Å². The molecule has 6 nitrogen and oxygen atoms in total. The Bertz CT molecular complexity index is 1130. The molecule has 0 spiro atoms. The molecule has 3 aromatic rings. The Morgan fingerprint density at radius 2 is 2.10 bits per heavy atom. The van der Waals surface area contributed by atoms with E-state index in [9.17, 15) is 13.6 Å². The Labute approximate surface area is 165 Å². The number of hydrogen-bond acceptors (Lipinski definition) is 4. The number of hydrogen-bond donors (Lipinski definition) is 1. The third-order valence-electron chi connectivity index (χ3n) is 5.61. The molecule has 1 N–H and O–H groups in total. The fourth-order valence-electron chi connectivity index (χ4n) is 3.83. The molecular weight excluding hydrogens is 376 g/mol. The number of imidazole rings is 1. The van der Waals surface area contributed by atoms with E-state index in [0.29, 0.717) is 11.6 Å². The van der Waals surface area contributed by atoms with Crippen molar-refractivity contribution >= 4 is 17.1 Å². The molecule has 0 aromatic carbocycles. The Hall–Kier alpha value is -3.16. The lowest BCUT2D eigenvalue weighted by Crippen LogP contribution is -2.29. The highest BCUT2D eigenvalue weighted by molar-refractivity contribution is 5.93. The lowest BCUT2D eigenvalue weighted by atomic mass is 9.85. The zero-order valence-electron chi connectivity index (χ0n) is 15.6. The zero-order valence-corrected chi connectivity index (χ0v) is 15.6. The summed E-state index contributed by atoms with van der Waals surface area (Å²) in [5.41, 5.74) is 4.73. The van der Waals surface area contributed by atoms with Crippen molar-refractivity contribution in [1.82, 2.24) is 24.7 Å². The van der Waals surface area contributed by atoms with Crippen LogP contribution in [0.15, 0.2) is 36.8 Å². The molecule has 3 heterocycles. The second kappa shape index (κ2) is 7.02. The summed E-state index contributed by atoms with van der Waals surface area (Å²) in [6.07, 6.45) is 8.91. The van der Waals surface area contributed by atoms with Gasteiger partial charge in [0.25, 0.3) is 12.3 Å². The summed E-state index contributed by atoms with van der Waals surface area (Å²) < 4.78 is 26.4. The van der Waals surface area contributed by atoms with E-state index in [4.69, 9.17) is 4.98 Å². The van der Waals surface area contributed by atoms with Crippen molar-refractivity contribution in [1.29, 1.82) is 0 Å². The molecule has 148 valence electrons. The van der Waals surface area contributed by atoms with Gasteiger partial charge in [-0.3, -0.25) is 9.20 Å². The van der Waals surface area contributed by atoms with Crippen LogP contribution in [0, 0.1) is 0 Å². The largest absolute Gasteiger partial charge is 0.345 e. The summed E-state index contributed by atoms with van der Waals surface area (Å²) in [5.74, 6) is 0.845. The fourth-order valence-corrected chi connectivity index (χ4v) is 3.83. The van der Waals surface area contributed by atoms with Crippen LogP contribution in [-0.4, -0.2) is 38.2 Å². The summed E-state index contributed by atoms with van der Waals surface area (Å²) in [5, 5.41) is 2.22. The van der Waals surface area contributed by atoms with E-state index < -0.39 is 18.9 Å².